The van der Waals surface area contributed by atoms with E-state index in [1.54, 1.807) is 18.2 Å². The van der Waals surface area contributed by atoms with Gasteiger partial charge in [-0.2, -0.15) is 5.26 Å². The molecular weight excluding hydrogens is 460 g/mol. The Hall–Kier alpha value is -4.30. The summed E-state index contributed by atoms with van der Waals surface area (Å²) in [5.41, 5.74) is 11.6. The van der Waals surface area contributed by atoms with E-state index in [1.165, 1.54) is 17.2 Å². The molecule has 3 aromatic rings. The predicted molar refractivity (Wildman–Crippen MR) is 146 cm³/mol. The fourth-order valence-corrected chi connectivity index (χ4v) is 4.32. The maximum Gasteiger partial charge on any atom is 0.336 e. The Kier molecular flexibility index (Phi) is 7.22. The van der Waals surface area contributed by atoms with Crippen LogP contribution in [0.15, 0.2) is 84.3 Å². The Morgan fingerprint density at radius 3 is 2.32 bits per heavy atom. The fourth-order valence-electron chi connectivity index (χ4n) is 4.32. The number of esters is 1. The number of fused-ring (bicyclic) bond motifs is 1. The molecular formula is C32H32N2O3. The topological polar surface area (TPSA) is 85.3 Å². The monoisotopic (exact) mass is 492 g/mol. The lowest BCUT2D eigenvalue weighted by Crippen LogP contribution is -2.21. The van der Waals surface area contributed by atoms with Crippen LogP contribution in [-0.4, -0.2) is 5.97 Å². The lowest BCUT2D eigenvalue weighted by molar-refractivity contribution is -0.128. The van der Waals surface area contributed by atoms with Gasteiger partial charge in [-0.25, -0.2) is 4.79 Å². The molecule has 0 amide bonds. The van der Waals surface area contributed by atoms with E-state index >= 15 is 0 Å². The van der Waals surface area contributed by atoms with Gasteiger partial charge >= 0.3 is 5.97 Å². The van der Waals surface area contributed by atoms with Gasteiger partial charge in [-0.15, -0.1) is 0 Å². The number of hydrogen-bond donors (Lipinski definition) is 1. The molecule has 188 valence electrons. The number of ether oxygens (including phenoxy) is 2. The highest BCUT2D eigenvalue weighted by Crippen LogP contribution is 2.43. The molecule has 2 N–H and O–H groups in total. The smallest absolute Gasteiger partial charge is 0.336 e. The van der Waals surface area contributed by atoms with Crippen LogP contribution in [0.1, 0.15) is 74.3 Å². The van der Waals surface area contributed by atoms with E-state index in [1.807, 2.05) is 30.3 Å². The largest absolute Gasteiger partial charge is 0.440 e. The number of carbonyl (C=O) groups is 1. The summed E-state index contributed by atoms with van der Waals surface area (Å²) in [6.07, 6.45) is 3.12. The quantitative estimate of drug-likeness (QED) is 0.237. The number of nitrogens with two attached hydrogens (primary N) is 1. The molecule has 0 aromatic heterocycles. The second kappa shape index (κ2) is 10.4. The Bertz CT molecular complexity index is 1400. The first-order valence-corrected chi connectivity index (χ1v) is 12.4. The van der Waals surface area contributed by atoms with Gasteiger partial charge in [0.1, 0.15) is 23.1 Å². The lowest BCUT2D eigenvalue weighted by Gasteiger charge is -2.27. The van der Waals surface area contributed by atoms with E-state index in [4.69, 9.17) is 15.2 Å². The van der Waals surface area contributed by atoms with Crippen molar-refractivity contribution in [3.8, 4) is 17.6 Å². The average Bonchev–Trinajstić information content (AvgIpc) is 2.86. The standard InChI is InChI=1S/C32H32N2O3/c1-20(2)22-9-11-23(12-10-22)30-26-16-15-25(18-28(26)37-31(34)27(30)19-33)36-29(35)17-8-21-6-13-24(14-7-21)32(3,4)5/h6-18,20,30H,34H2,1-5H3/b17-8+. The highest BCUT2D eigenvalue weighted by atomic mass is 16.5. The number of benzene rings is 3. The van der Waals surface area contributed by atoms with E-state index in [0.717, 1.165) is 16.7 Å². The maximum atomic E-state index is 12.5. The third kappa shape index (κ3) is 5.76. The molecule has 0 bridgehead atoms. The van der Waals surface area contributed by atoms with Crippen molar-refractivity contribution < 1.29 is 14.3 Å². The fraction of sp³-hybridized carbons (Fsp3) is 0.250. The molecule has 0 radical (unpaired) electrons. The van der Waals surface area contributed by atoms with E-state index in [-0.39, 0.29) is 17.2 Å². The van der Waals surface area contributed by atoms with Crippen LogP contribution < -0.4 is 15.2 Å². The highest BCUT2D eigenvalue weighted by molar-refractivity contribution is 5.88. The normalized spacial score (nSPS) is 15.3. The summed E-state index contributed by atoms with van der Waals surface area (Å²) < 4.78 is 11.3. The zero-order valence-corrected chi connectivity index (χ0v) is 21.9. The summed E-state index contributed by atoms with van der Waals surface area (Å²) in [5, 5.41) is 9.80. The summed E-state index contributed by atoms with van der Waals surface area (Å²) in [7, 11) is 0. The van der Waals surface area contributed by atoms with Crippen molar-refractivity contribution >= 4 is 12.0 Å². The van der Waals surface area contributed by atoms with Crippen LogP contribution in [0.2, 0.25) is 0 Å². The molecule has 0 aliphatic carbocycles. The molecule has 3 aromatic carbocycles. The lowest BCUT2D eigenvalue weighted by atomic mass is 9.83. The Balaban J connectivity index is 1.54. The summed E-state index contributed by atoms with van der Waals surface area (Å²) in [5.74, 6) is 0.379. The van der Waals surface area contributed by atoms with Gasteiger partial charge in [0.2, 0.25) is 5.88 Å². The summed E-state index contributed by atoms with van der Waals surface area (Å²) >= 11 is 0. The Morgan fingerprint density at radius 1 is 1.05 bits per heavy atom. The highest BCUT2D eigenvalue weighted by Gasteiger charge is 2.31. The Labute approximate surface area is 218 Å². The first-order chi connectivity index (χ1) is 17.6. The van der Waals surface area contributed by atoms with Gasteiger partial charge in [0, 0.05) is 17.7 Å². The number of allylic oxidation sites excluding steroid dienone is 1. The van der Waals surface area contributed by atoms with Crippen molar-refractivity contribution in [3.05, 3.63) is 112 Å². The van der Waals surface area contributed by atoms with Crippen molar-refractivity contribution in [2.24, 2.45) is 5.73 Å². The van der Waals surface area contributed by atoms with Crippen LogP contribution in [0.4, 0.5) is 0 Å². The summed E-state index contributed by atoms with van der Waals surface area (Å²) in [4.78, 5) is 12.5. The third-order valence-electron chi connectivity index (χ3n) is 6.53. The summed E-state index contributed by atoms with van der Waals surface area (Å²) in [6, 6.07) is 23.6. The van der Waals surface area contributed by atoms with Crippen molar-refractivity contribution in [1.29, 1.82) is 5.26 Å². The molecule has 4 rings (SSSR count). The minimum atomic E-state index is -0.502. The molecule has 0 saturated heterocycles. The third-order valence-corrected chi connectivity index (χ3v) is 6.53. The van der Waals surface area contributed by atoms with E-state index in [9.17, 15) is 10.1 Å². The first-order valence-electron chi connectivity index (χ1n) is 12.4. The van der Waals surface area contributed by atoms with Gasteiger partial charge in [0.15, 0.2) is 0 Å². The van der Waals surface area contributed by atoms with Gasteiger partial charge in [-0.05, 0) is 45.7 Å². The van der Waals surface area contributed by atoms with Crippen LogP contribution in [0.25, 0.3) is 6.08 Å². The molecule has 1 atom stereocenters. The second-order valence-corrected chi connectivity index (χ2v) is 10.6. The average molecular weight is 493 g/mol. The molecule has 0 saturated carbocycles. The number of nitriles is 1. The van der Waals surface area contributed by atoms with Crippen LogP contribution in [-0.2, 0) is 10.2 Å². The van der Waals surface area contributed by atoms with Crippen molar-refractivity contribution in [2.45, 2.75) is 51.9 Å². The molecule has 5 heteroatoms. The van der Waals surface area contributed by atoms with Crippen molar-refractivity contribution in [1.82, 2.24) is 0 Å². The van der Waals surface area contributed by atoms with Crippen LogP contribution >= 0.6 is 0 Å². The molecule has 1 aliphatic heterocycles. The second-order valence-electron chi connectivity index (χ2n) is 10.6. The zero-order valence-electron chi connectivity index (χ0n) is 21.9. The minimum Gasteiger partial charge on any atom is -0.440 e. The SMILES string of the molecule is CC(C)c1ccc(C2C(C#N)=C(N)Oc3cc(OC(=O)/C=C/c4ccc(C(C)(C)C)cc4)ccc32)cc1. The molecule has 0 fully saturated rings. The van der Waals surface area contributed by atoms with Crippen LogP contribution in [0, 0.1) is 11.3 Å². The van der Waals surface area contributed by atoms with Crippen LogP contribution in [0.3, 0.4) is 0 Å². The number of nitrogens with zero attached hydrogens (tertiary/aromatic N) is 1. The maximum absolute atomic E-state index is 12.5. The molecule has 37 heavy (non-hydrogen) atoms. The minimum absolute atomic E-state index is 0.0509. The molecule has 1 aliphatic rings. The molecule has 0 spiro atoms. The van der Waals surface area contributed by atoms with E-state index in [2.05, 4.69) is 65.0 Å². The number of carbonyl (C=O) groups excluding carboxylic acids is 1. The van der Waals surface area contributed by atoms with Gasteiger partial charge < -0.3 is 15.2 Å². The van der Waals surface area contributed by atoms with Gasteiger partial charge in [0.25, 0.3) is 0 Å². The van der Waals surface area contributed by atoms with Gasteiger partial charge in [0.05, 0.1) is 5.92 Å². The number of rotatable bonds is 5. The van der Waals surface area contributed by atoms with Crippen LogP contribution in [0.5, 0.6) is 11.5 Å². The first kappa shape index (κ1) is 25.8. The van der Waals surface area contributed by atoms with E-state index < -0.39 is 5.97 Å². The zero-order chi connectivity index (χ0) is 26.7. The summed E-state index contributed by atoms with van der Waals surface area (Å²) in [6.45, 7) is 10.8. The molecule has 5 nitrogen and oxygen atoms in total. The van der Waals surface area contributed by atoms with E-state index in [0.29, 0.717) is 23.0 Å². The number of hydrogen-bond acceptors (Lipinski definition) is 5. The predicted octanol–water partition coefficient (Wildman–Crippen LogP) is 6.94. The van der Waals surface area contributed by atoms with Gasteiger partial charge in [-0.3, -0.25) is 0 Å². The Morgan fingerprint density at radius 2 is 1.73 bits per heavy atom. The molecule has 1 unspecified atom stereocenters. The van der Waals surface area contributed by atoms with Gasteiger partial charge in [-0.1, -0.05) is 89.2 Å². The van der Waals surface area contributed by atoms with Crippen molar-refractivity contribution in [3.63, 3.8) is 0 Å². The molecule has 1 heterocycles. The van der Waals surface area contributed by atoms with Crippen molar-refractivity contribution in [2.75, 3.05) is 0 Å².